The lowest BCUT2D eigenvalue weighted by Gasteiger charge is -2.12. The highest BCUT2D eigenvalue weighted by Crippen LogP contribution is 2.28. The van der Waals surface area contributed by atoms with Crippen LogP contribution in [0.15, 0.2) is 30.5 Å². The monoisotopic (exact) mass is 288 g/mol. The lowest BCUT2D eigenvalue weighted by Crippen LogP contribution is -2.34. The zero-order chi connectivity index (χ0) is 14.7. The summed E-state index contributed by atoms with van der Waals surface area (Å²) in [6, 6.07) is 7.40. The maximum absolute atomic E-state index is 12.0. The molecule has 3 rings (SSSR count). The van der Waals surface area contributed by atoms with Crippen LogP contribution in [-0.4, -0.2) is 41.9 Å². The van der Waals surface area contributed by atoms with E-state index in [0.717, 1.165) is 17.5 Å². The number of ether oxygens (including phenoxy) is 1. The van der Waals surface area contributed by atoms with Crippen molar-refractivity contribution in [3.05, 3.63) is 36.0 Å². The van der Waals surface area contributed by atoms with Gasteiger partial charge in [0.2, 0.25) is 0 Å². The minimum absolute atomic E-state index is 0.181. The first-order chi connectivity index (χ1) is 10.2. The molecule has 2 aromatic rings. The van der Waals surface area contributed by atoms with Crippen LogP contribution in [0.4, 0.5) is 0 Å². The van der Waals surface area contributed by atoms with Gasteiger partial charge in [-0.15, -0.1) is 0 Å². The molecule has 112 valence electrons. The molecule has 5 heteroatoms. The van der Waals surface area contributed by atoms with Gasteiger partial charge in [0.25, 0.3) is 5.91 Å². The number of hydrogen-bond donors (Lipinski definition) is 3. The Kier molecular flexibility index (Phi) is 4.22. The molecule has 1 atom stereocenters. The molecule has 0 saturated heterocycles. The van der Waals surface area contributed by atoms with E-state index in [1.807, 2.05) is 24.4 Å². The molecule has 0 aliphatic heterocycles. The highest BCUT2D eigenvalue weighted by Gasteiger charge is 2.21. The molecule has 1 aromatic heterocycles. The number of amides is 1. The Morgan fingerprint density at radius 2 is 2.29 bits per heavy atom. The molecule has 1 amide bonds. The third kappa shape index (κ3) is 3.83. The average Bonchev–Trinajstić information content (AvgIpc) is 3.19. The standard InChI is InChI=1S/C16H20N2O3/c19-14(10-21-9-11-1-2-11)8-18-16(20)13-3-4-15-12(7-13)5-6-17-15/h3-7,11,14,17,19H,1-2,8-10H2,(H,18,20). The topological polar surface area (TPSA) is 74.3 Å². The Labute approximate surface area is 123 Å². The number of rotatable bonds is 7. The van der Waals surface area contributed by atoms with Crippen LogP contribution in [-0.2, 0) is 4.74 Å². The maximum atomic E-state index is 12.0. The van der Waals surface area contributed by atoms with E-state index in [4.69, 9.17) is 4.74 Å². The van der Waals surface area contributed by atoms with Gasteiger partial charge in [-0.05, 0) is 43.0 Å². The molecule has 1 aromatic carbocycles. The summed E-state index contributed by atoms with van der Waals surface area (Å²) in [5.41, 5.74) is 1.59. The van der Waals surface area contributed by atoms with Gasteiger partial charge in [-0.1, -0.05) is 0 Å². The Morgan fingerprint density at radius 3 is 3.10 bits per heavy atom. The molecule has 0 radical (unpaired) electrons. The van der Waals surface area contributed by atoms with Gasteiger partial charge in [-0.3, -0.25) is 4.79 Å². The predicted molar refractivity (Wildman–Crippen MR) is 80.2 cm³/mol. The fraction of sp³-hybridized carbons (Fsp3) is 0.438. The maximum Gasteiger partial charge on any atom is 0.251 e. The second kappa shape index (κ2) is 6.28. The number of aliphatic hydroxyl groups is 1. The van der Waals surface area contributed by atoms with Crippen LogP contribution >= 0.6 is 0 Å². The highest BCUT2D eigenvalue weighted by atomic mass is 16.5. The number of H-pyrrole nitrogens is 1. The van der Waals surface area contributed by atoms with E-state index in [1.54, 1.807) is 6.07 Å². The molecule has 3 N–H and O–H groups in total. The molecule has 1 unspecified atom stereocenters. The molecule has 1 fully saturated rings. The van der Waals surface area contributed by atoms with Crippen molar-refractivity contribution in [3.63, 3.8) is 0 Å². The van der Waals surface area contributed by atoms with Crippen molar-refractivity contribution < 1.29 is 14.6 Å². The van der Waals surface area contributed by atoms with E-state index in [0.29, 0.717) is 11.5 Å². The fourth-order valence-electron chi connectivity index (χ4n) is 2.22. The Hall–Kier alpha value is -1.85. The number of benzene rings is 1. The third-order valence-electron chi connectivity index (χ3n) is 3.67. The van der Waals surface area contributed by atoms with E-state index in [1.165, 1.54) is 12.8 Å². The lowest BCUT2D eigenvalue weighted by atomic mass is 10.1. The van der Waals surface area contributed by atoms with Gasteiger partial charge in [0.1, 0.15) is 0 Å². The van der Waals surface area contributed by atoms with Gasteiger partial charge in [0.05, 0.1) is 12.7 Å². The van der Waals surface area contributed by atoms with Crippen molar-refractivity contribution in [2.75, 3.05) is 19.8 Å². The van der Waals surface area contributed by atoms with Crippen LogP contribution in [0, 0.1) is 5.92 Å². The van der Waals surface area contributed by atoms with Gasteiger partial charge in [-0.2, -0.15) is 0 Å². The molecule has 1 aliphatic rings. The van der Waals surface area contributed by atoms with Crippen LogP contribution in [0.25, 0.3) is 10.9 Å². The van der Waals surface area contributed by atoms with Crippen molar-refractivity contribution >= 4 is 16.8 Å². The van der Waals surface area contributed by atoms with Crippen LogP contribution < -0.4 is 5.32 Å². The van der Waals surface area contributed by atoms with E-state index in [-0.39, 0.29) is 19.1 Å². The van der Waals surface area contributed by atoms with Crippen LogP contribution in [0.1, 0.15) is 23.2 Å². The number of hydrogen-bond acceptors (Lipinski definition) is 3. The SMILES string of the molecule is O=C(NCC(O)COCC1CC1)c1ccc2[nH]ccc2c1. The smallest absolute Gasteiger partial charge is 0.251 e. The number of aromatic amines is 1. The molecule has 21 heavy (non-hydrogen) atoms. The van der Waals surface area contributed by atoms with Crippen LogP contribution in [0.5, 0.6) is 0 Å². The third-order valence-corrected chi connectivity index (χ3v) is 3.67. The number of fused-ring (bicyclic) bond motifs is 1. The first-order valence-corrected chi connectivity index (χ1v) is 7.33. The zero-order valence-corrected chi connectivity index (χ0v) is 11.8. The summed E-state index contributed by atoms with van der Waals surface area (Å²) in [6.07, 6.45) is 3.64. The van der Waals surface area contributed by atoms with Crippen LogP contribution in [0.3, 0.4) is 0 Å². The molecule has 1 aliphatic carbocycles. The van der Waals surface area contributed by atoms with Gasteiger partial charge in [0.15, 0.2) is 0 Å². The molecular weight excluding hydrogens is 268 g/mol. The largest absolute Gasteiger partial charge is 0.389 e. The molecule has 0 spiro atoms. The predicted octanol–water partition coefficient (Wildman–Crippen LogP) is 1.69. The summed E-state index contributed by atoms with van der Waals surface area (Å²) < 4.78 is 5.40. The first kappa shape index (κ1) is 14.1. The minimum atomic E-state index is -0.663. The quantitative estimate of drug-likeness (QED) is 0.725. The van der Waals surface area contributed by atoms with Gasteiger partial charge in [0, 0.05) is 35.8 Å². The highest BCUT2D eigenvalue weighted by molar-refractivity contribution is 5.98. The Balaban J connectivity index is 1.46. The molecule has 0 bridgehead atoms. The van der Waals surface area contributed by atoms with Crippen molar-refractivity contribution in [1.29, 1.82) is 0 Å². The normalized spacial score (nSPS) is 16.0. The molecule has 1 saturated carbocycles. The number of carbonyl (C=O) groups is 1. The average molecular weight is 288 g/mol. The molecule has 1 heterocycles. The van der Waals surface area contributed by atoms with Crippen molar-refractivity contribution in [2.24, 2.45) is 5.92 Å². The fourth-order valence-corrected chi connectivity index (χ4v) is 2.22. The summed E-state index contributed by atoms with van der Waals surface area (Å²) in [7, 11) is 0. The van der Waals surface area contributed by atoms with Gasteiger partial charge >= 0.3 is 0 Å². The second-order valence-electron chi connectivity index (χ2n) is 5.62. The Bertz CT molecular complexity index is 619. The lowest BCUT2D eigenvalue weighted by molar-refractivity contribution is 0.0321. The number of carbonyl (C=O) groups excluding carboxylic acids is 1. The van der Waals surface area contributed by atoms with E-state index in [9.17, 15) is 9.90 Å². The zero-order valence-electron chi connectivity index (χ0n) is 11.8. The van der Waals surface area contributed by atoms with E-state index in [2.05, 4.69) is 10.3 Å². The number of aliphatic hydroxyl groups excluding tert-OH is 1. The minimum Gasteiger partial charge on any atom is -0.389 e. The summed E-state index contributed by atoms with van der Waals surface area (Å²) in [5.74, 6) is 0.499. The second-order valence-corrected chi connectivity index (χ2v) is 5.62. The van der Waals surface area contributed by atoms with E-state index >= 15 is 0 Å². The van der Waals surface area contributed by atoms with E-state index < -0.39 is 6.10 Å². The first-order valence-electron chi connectivity index (χ1n) is 7.33. The number of aromatic nitrogens is 1. The summed E-state index contributed by atoms with van der Waals surface area (Å²) in [6.45, 7) is 1.19. The summed E-state index contributed by atoms with van der Waals surface area (Å²) in [5, 5.41) is 13.5. The number of nitrogens with one attached hydrogen (secondary N) is 2. The van der Waals surface area contributed by atoms with Crippen molar-refractivity contribution in [2.45, 2.75) is 18.9 Å². The summed E-state index contributed by atoms with van der Waals surface area (Å²) >= 11 is 0. The van der Waals surface area contributed by atoms with Crippen molar-refractivity contribution in [3.8, 4) is 0 Å². The summed E-state index contributed by atoms with van der Waals surface area (Å²) in [4.78, 5) is 15.1. The van der Waals surface area contributed by atoms with Gasteiger partial charge < -0.3 is 20.1 Å². The van der Waals surface area contributed by atoms with Gasteiger partial charge in [-0.25, -0.2) is 0 Å². The van der Waals surface area contributed by atoms with Crippen molar-refractivity contribution in [1.82, 2.24) is 10.3 Å². The molecule has 5 nitrogen and oxygen atoms in total. The molecular formula is C16H20N2O3. The van der Waals surface area contributed by atoms with Crippen LogP contribution in [0.2, 0.25) is 0 Å². The Morgan fingerprint density at radius 1 is 1.43 bits per heavy atom.